The van der Waals surface area contributed by atoms with Gasteiger partial charge in [-0.15, -0.1) is 0 Å². The molecule has 150 valence electrons. The Kier molecular flexibility index (Phi) is 8.09. The Morgan fingerprint density at radius 3 is 1.50 bits per heavy atom. The Balaban J connectivity index is 1.53. The van der Waals surface area contributed by atoms with Gasteiger partial charge in [0.1, 0.15) is 0 Å². The molecule has 1 aliphatic heterocycles. The van der Waals surface area contributed by atoms with Gasteiger partial charge in [0.2, 0.25) is 0 Å². The van der Waals surface area contributed by atoms with E-state index < -0.39 is 0 Å². The molecule has 0 unspecified atom stereocenters. The molecule has 7 heteroatoms. The van der Waals surface area contributed by atoms with Gasteiger partial charge in [0.25, 0.3) is 0 Å². The molecule has 0 spiro atoms. The second kappa shape index (κ2) is 10.8. The van der Waals surface area contributed by atoms with Crippen molar-refractivity contribution in [3.63, 3.8) is 0 Å². The van der Waals surface area contributed by atoms with Crippen molar-refractivity contribution in [2.45, 2.75) is 26.9 Å². The zero-order valence-electron chi connectivity index (χ0n) is 16.5. The van der Waals surface area contributed by atoms with E-state index in [2.05, 4.69) is 71.0 Å². The normalized spacial score (nSPS) is 14.5. The molecular formula is C21H28N4OS2. The summed E-state index contributed by atoms with van der Waals surface area (Å²) in [4.78, 5) is 12.9. The van der Waals surface area contributed by atoms with E-state index >= 15 is 0 Å². The van der Waals surface area contributed by atoms with Crippen LogP contribution in [0, 0.1) is 0 Å². The first-order valence-electron chi connectivity index (χ1n) is 9.72. The van der Waals surface area contributed by atoms with Gasteiger partial charge in [0.05, 0.1) is 13.1 Å². The second-order valence-corrected chi connectivity index (χ2v) is 8.77. The number of hydrogen-bond donors (Lipinski definition) is 0. The molecule has 5 nitrogen and oxygen atoms in total. The van der Waals surface area contributed by atoms with E-state index in [0.717, 1.165) is 39.3 Å². The predicted octanol–water partition coefficient (Wildman–Crippen LogP) is 4.89. The van der Waals surface area contributed by atoms with E-state index in [1.54, 1.807) is 24.3 Å². The molecule has 1 saturated heterocycles. The lowest BCUT2D eigenvalue weighted by Crippen LogP contribution is -2.30. The van der Waals surface area contributed by atoms with Crippen molar-refractivity contribution in [1.82, 2.24) is 17.2 Å². The van der Waals surface area contributed by atoms with Crippen LogP contribution < -0.4 is 0 Å². The van der Waals surface area contributed by atoms with E-state index in [-0.39, 0.29) is 6.03 Å². The highest BCUT2D eigenvalue weighted by molar-refractivity contribution is 7.96. The third kappa shape index (κ3) is 5.91. The number of urea groups is 1. The minimum absolute atomic E-state index is 0.0769. The molecule has 0 N–H and O–H groups in total. The van der Waals surface area contributed by atoms with E-state index in [4.69, 9.17) is 0 Å². The number of rotatable bonds is 10. The zero-order valence-corrected chi connectivity index (χ0v) is 18.2. The number of hydrogen-bond acceptors (Lipinski definition) is 5. The molecule has 1 fully saturated rings. The topological polar surface area (TPSA) is 30.0 Å². The SMILES string of the molecule is CCN(Cc1ccccc1)SN1CCN(SN(CC)Cc2ccccc2)C1=O. The summed E-state index contributed by atoms with van der Waals surface area (Å²) in [6.07, 6.45) is 0. The molecule has 28 heavy (non-hydrogen) atoms. The van der Waals surface area contributed by atoms with Crippen LogP contribution in [0.2, 0.25) is 0 Å². The van der Waals surface area contributed by atoms with Crippen molar-refractivity contribution in [2.75, 3.05) is 26.2 Å². The maximum absolute atomic E-state index is 12.9. The third-order valence-electron chi connectivity index (χ3n) is 4.47. The Morgan fingerprint density at radius 1 is 0.750 bits per heavy atom. The molecular weight excluding hydrogens is 388 g/mol. The summed E-state index contributed by atoms with van der Waals surface area (Å²) in [7, 11) is 0. The fourth-order valence-electron chi connectivity index (χ4n) is 2.90. The molecule has 0 aromatic heterocycles. The maximum Gasteiger partial charge on any atom is 0.342 e. The fraction of sp³-hybridized carbons (Fsp3) is 0.381. The van der Waals surface area contributed by atoms with Crippen LogP contribution in [0.4, 0.5) is 4.79 Å². The Bertz CT molecular complexity index is 670. The quantitative estimate of drug-likeness (QED) is 0.514. The van der Waals surface area contributed by atoms with Gasteiger partial charge in [0, 0.05) is 50.4 Å². The smallest absolute Gasteiger partial charge is 0.252 e. The molecule has 2 aromatic rings. The Morgan fingerprint density at radius 2 is 1.14 bits per heavy atom. The monoisotopic (exact) mass is 416 g/mol. The van der Waals surface area contributed by atoms with Gasteiger partial charge in [-0.05, 0) is 11.1 Å². The van der Waals surface area contributed by atoms with Gasteiger partial charge >= 0.3 is 6.03 Å². The van der Waals surface area contributed by atoms with Gasteiger partial charge in [-0.1, -0.05) is 74.5 Å². The lowest BCUT2D eigenvalue weighted by atomic mass is 10.2. The van der Waals surface area contributed by atoms with Gasteiger partial charge in [-0.2, -0.15) is 0 Å². The number of benzene rings is 2. The standard InChI is InChI=1S/C21H28N4OS2/c1-3-22(17-19-11-7-5-8-12-19)27-24-15-16-25(21(24)26)28-23(4-2)18-20-13-9-6-10-14-20/h5-14H,3-4,15-18H2,1-2H3. The Labute approximate surface area is 177 Å². The van der Waals surface area contributed by atoms with Crippen molar-refractivity contribution in [1.29, 1.82) is 0 Å². The van der Waals surface area contributed by atoms with Crippen molar-refractivity contribution in [3.05, 3.63) is 71.8 Å². The van der Waals surface area contributed by atoms with Crippen molar-refractivity contribution < 1.29 is 4.79 Å². The molecule has 0 bridgehead atoms. The lowest BCUT2D eigenvalue weighted by Gasteiger charge is -2.26. The number of amides is 2. The fourth-order valence-corrected chi connectivity index (χ4v) is 4.82. The zero-order chi connectivity index (χ0) is 19.8. The van der Waals surface area contributed by atoms with Gasteiger partial charge in [-0.3, -0.25) is 8.61 Å². The first-order valence-corrected chi connectivity index (χ1v) is 11.2. The van der Waals surface area contributed by atoms with E-state index in [1.807, 2.05) is 20.7 Å². The van der Waals surface area contributed by atoms with Crippen LogP contribution in [0.5, 0.6) is 0 Å². The largest absolute Gasteiger partial charge is 0.342 e. The highest BCUT2D eigenvalue weighted by atomic mass is 32.2. The highest BCUT2D eigenvalue weighted by Crippen LogP contribution is 2.29. The molecule has 1 heterocycles. The van der Waals surface area contributed by atoms with E-state index in [9.17, 15) is 4.79 Å². The van der Waals surface area contributed by atoms with Gasteiger partial charge in [-0.25, -0.2) is 13.4 Å². The summed E-state index contributed by atoms with van der Waals surface area (Å²) in [6.45, 7) is 9.15. The minimum atomic E-state index is 0.0769. The average molecular weight is 417 g/mol. The number of carbonyl (C=O) groups is 1. The first kappa shape index (κ1) is 21.0. The molecule has 0 atom stereocenters. The van der Waals surface area contributed by atoms with E-state index in [1.165, 1.54) is 11.1 Å². The van der Waals surface area contributed by atoms with Crippen LogP contribution in [-0.2, 0) is 13.1 Å². The highest BCUT2D eigenvalue weighted by Gasteiger charge is 2.32. The van der Waals surface area contributed by atoms with Gasteiger partial charge < -0.3 is 0 Å². The predicted molar refractivity (Wildman–Crippen MR) is 119 cm³/mol. The summed E-state index contributed by atoms with van der Waals surface area (Å²) in [5, 5.41) is 0. The lowest BCUT2D eigenvalue weighted by molar-refractivity contribution is 0.226. The molecule has 0 aliphatic carbocycles. The third-order valence-corrected chi connectivity index (χ3v) is 6.78. The van der Waals surface area contributed by atoms with Crippen LogP contribution in [0.15, 0.2) is 60.7 Å². The van der Waals surface area contributed by atoms with Crippen LogP contribution in [0.3, 0.4) is 0 Å². The molecule has 3 rings (SSSR count). The second-order valence-electron chi connectivity index (χ2n) is 6.53. The summed E-state index contributed by atoms with van der Waals surface area (Å²) in [6, 6.07) is 20.9. The molecule has 0 radical (unpaired) electrons. The van der Waals surface area contributed by atoms with Crippen LogP contribution in [0.1, 0.15) is 25.0 Å². The summed E-state index contributed by atoms with van der Waals surface area (Å²) in [5.74, 6) is 0. The van der Waals surface area contributed by atoms with Crippen molar-refractivity contribution >= 4 is 30.3 Å². The van der Waals surface area contributed by atoms with Crippen LogP contribution >= 0.6 is 24.3 Å². The Hall–Kier alpha value is -1.67. The first-order chi connectivity index (χ1) is 13.7. The van der Waals surface area contributed by atoms with Gasteiger partial charge in [0.15, 0.2) is 0 Å². The van der Waals surface area contributed by atoms with Crippen molar-refractivity contribution in [2.24, 2.45) is 0 Å². The average Bonchev–Trinajstić information content (AvgIpc) is 3.07. The van der Waals surface area contributed by atoms with Crippen LogP contribution in [0.25, 0.3) is 0 Å². The summed E-state index contributed by atoms with van der Waals surface area (Å²) in [5.41, 5.74) is 2.52. The molecule has 0 saturated carbocycles. The minimum Gasteiger partial charge on any atom is -0.252 e. The maximum atomic E-state index is 12.9. The summed E-state index contributed by atoms with van der Waals surface area (Å²) < 4.78 is 8.19. The van der Waals surface area contributed by atoms with Crippen molar-refractivity contribution in [3.8, 4) is 0 Å². The molecule has 1 aliphatic rings. The molecule has 2 aromatic carbocycles. The van der Waals surface area contributed by atoms with Crippen LogP contribution in [-0.4, -0.2) is 49.4 Å². The summed E-state index contributed by atoms with van der Waals surface area (Å²) >= 11 is 3.08. The molecule has 2 amide bonds. The van der Waals surface area contributed by atoms with E-state index in [0.29, 0.717) is 0 Å². The number of carbonyl (C=O) groups excluding carboxylic acids is 1. The number of nitrogens with zero attached hydrogens (tertiary/aromatic N) is 4.